The number of fused-ring (bicyclic) bond motifs is 2. The number of hydrogen-bond donors (Lipinski definition) is 1. The average Bonchev–Trinajstić information content (AvgIpc) is 3.10. The molecule has 4 aromatic rings. The number of unbranched alkanes of at least 4 members (excludes halogenated alkanes) is 2. The summed E-state index contributed by atoms with van der Waals surface area (Å²) < 4.78 is 7.82. The van der Waals surface area contributed by atoms with Crippen LogP contribution in [-0.2, 0) is 6.54 Å². The number of benzene rings is 2. The molecule has 0 unspecified atom stereocenters. The van der Waals surface area contributed by atoms with E-state index in [0.29, 0.717) is 16.8 Å². The van der Waals surface area contributed by atoms with Crippen molar-refractivity contribution in [3.63, 3.8) is 0 Å². The lowest BCUT2D eigenvalue weighted by Gasteiger charge is -2.06. The highest BCUT2D eigenvalue weighted by atomic mass is 16.5. The molecule has 2 aromatic heterocycles. The van der Waals surface area contributed by atoms with Crippen LogP contribution in [0.4, 0.5) is 0 Å². The van der Waals surface area contributed by atoms with Crippen molar-refractivity contribution < 1.29 is 14.6 Å². The minimum atomic E-state index is -0.386. The van der Waals surface area contributed by atoms with Crippen molar-refractivity contribution in [2.75, 3.05) is 6.61 Å². The normalized spacial score (nSPS) is 11.2. The molecule has 142 valence electrons. The fourth-order valence-electron chi connectivity index (χ4n) is 3.48. The summed E-state index contributed by atoms with van der Waals surface area (Å²) in [4.78, 5) is 17.3. The van der Waals surface area contributed by atoms with Crippen LogP contribution in [0.5, 0.6) is 5.75 Å². The van der Waals surface area contributed by atoms with Gasteiger partial charge in [-0.25, -0.2) is 4.79 Å². The number of rotatable bonds is 7. The van der Waals surface area contributed by atoms with E-state index < -0.39 is 0 Å². The molecule has 2 heterocycles. The summed E-state index contributed by atoms with van der Waals surface area (Å²) in [7, 11) is 0. The third kappa shape index (κ3) is 3.62. The number of hydrogen-bond acceptors (Lipinski definition) is 4. The van der Waals surface area contributed by atoms with Crippen LogP contribution in [0.2, 0.25) is 0 Å². The first kappa shape index (κ1) is 18.2. The zero-order valence-corrected chi connectivity index (χ0v) is 15.5. The van der Waals surface area contributed by atoms with Crippen LogP contribution in [0.25, 0.3) is 21.8 Å². The molecule has 0 atom stereocenters. The fraction of sp³-hybridized carbons (Fsp3) is 0.217. The van der Waals surface area contributed by atoms with E-state index in [-0.39, 0.29) is 12.6 Å². The molecule has 0 amide bonds. The van der Waals surface area contributed by atoms with E-state index in [1.807, 2.05) is 54.7 Å². The predicted molar refractivity (Wildman–Crippen MR) is 110 cm³/mol. The molecule has 4 rings (SSSR count). The highest BCUT2D eigenvalue weighted by Crippen LogP contribution is 2.27. The number of aliphatic hydroxyl groups is 1. The number of pyridine rings is 1. The molecule has 28 heavy (non-hydrogen) atoms. The first-order valence-electron chi connectivity index (χ1n) is 9.52. The van der Waals surface area contributed by atoms with E-state index >= 15 is 0 Å². The molecule has 0 aliphatic carbocycles. The van der Waals surface area contributed by atoms with Gasteiger partial charge in [-0.2, -0.15) is 0 Å². The van der Waals surface area contributed by atoms with Crippen molar-refractivity contribution in [1.82, 2.24) is 9.55 Å². The van der Waals surface area contributed by atoms with Gasteiger partial charge < -0.3 is 14.4 Å². The Morgan fingerprint density at radius 3 is 2.75 bits per heavy atom. The molecular formula is C23H22N2O3. The maximum Gasteiger partial charge on any atom is 0.345 e. The number of aryl methyl sites for hydroxylation is 1. The first-order valence-corrected chi connectivity index (χ1v) is 9.52. The number of carbonyl (C=O) groups is 1. The van der Waals surface area contributed by atoms with Crippen LogP contribution in [0, 0.1) is 0 Å². The van der Waals surface area contributed by atoms with E-state index in [0.717, 1.165) is 42.1 Å². The first-order chi connectivity index (χ1) is 13.8. The summed E-state index contributed by atoms with van der Waals surface area (Å²) in [6.07, 6.45) is 6.25. The monoisotopic (exact) mass is 374 g/mol. The van der Waals surface area contributed by atoms with Gasteiger partial charge in [-0.3, -0.25) is 4.98 Å². The number of ether oxygens (including phenoxy) is 1. The molecule has 0 spiro atoms. The minimum absolute atomic E-state index is 0.211. The summed E-state index contributed by atoms with van der Waals surface area (Å²) >= 11 is 0. The SMILES string of the molecule is O=C(Oc1cccc2cccnc12)c1cn(CCCCCO)c2ccccc12. The van der Waals surface area contributed by atoms with Crippen LogP contribution in [0.15, 0.2) is 67.0 Å². The number of aromatic nitrogens is 2. The second-order valence-corrected chi connectivity index (χ2v) is 6.76. The van der Waals surface area contributed by atoms with Gasteiger partial charge >= 0.3 is 5.97 Å². The summed E-state index contributed by atoms with van der Waals surface area (Å²) in [6, 6.07) is 17.2. The number of esters is 1. The maximum absolute atomic E-state index is 13.0. The van der Waals surface area contributed by atoms with E-state index in [2.05, 4.69) is 9.55 Å². The molecule has 5 nitrogen and oxygen atoms in total. The molecule has 0 fully saturated rings. The lowest BCUT2D eigenvalue weighted by Crippen LogP contribution is -2.08. The number of carbonyl (C=O) groups excluding carboxylic acids is 1. The van der Waals surface area contributed by atoms with Crippen LogP contribution in [0.1, 0.15) is 29.6 Å². The summed E-state index contributed by atoms with van der Waals surface area (Å²) in [5.41, 5.74) is 2.23. The average molecular weight is 374 g/mol. The van der Waals surface area contributed by atoms with Gasteiger partial charge in [-0.05, 0) is 37.5 Å². The smallest absolute Gasteiger partial charge is 0.345 e. The molecule has 0 saturated heterocycles. The molecule has 2 aromatic carbocycles. The third-order valence-electron chi connectivity index (χ3n) is 4.86. The Morgan fingerprint density at radius 2 is 1.86 bits per heavy atom. The summed E-state index contributed by atoms with van der Waals surface area (Å²) in [6.45, 7) is 1.01. The van der Waals surface area contributed by atoms with Crippen molar-refractivity contribution in [3.05, 3.63) is 72.6 Å². The Bertz CT molecular complexity index is 1110. The Kier molecular flexibility index (Phi) is 5.35. The number of nitrogens with zero attached hydrogens (tertiary/aromatic N) is 2. The van der Waals surface area contributed by atoms with Crippen LogP contribution in [-0.4, -0.2) is 27.2 Å². The van der Waals surface area contributed by atoms with Crippen molar-refractivity contribution in [1.29, 1.82) is 0 Å². The van der Waals surface area contributed by atoms with E-state index in [1.54, 1.807) is 12.3 Å². The number of aliphatic hydroxyl groups excluding tert-OH is 1. The molecule has 0 bridgehead atoms. The largest absolute Gasteiger partial charge is 0.421 e. The highest BCUT2D eigenvalue weighted by Gasteiger charge is 2.18. The summed E-state index contributed by atoms with van der Waals surface area (Å²) in [5, 5.41) is 10.8. The maximum atomic E-state index is 13.0. The molecular weight excluding hydrogens is 352 g/mol. The molecule has 0 saturated carbocycles. The predicted octanol–water partition coefficient (Wildman–Crippen LogP) is 4.57. The van der Waals surface area contributed by atoms with E-state index in [1.165, 1.54) is 0 Å². The van der Waals surface area contributed by atoms with Gasteiger partial charge in [0.15, 0.2) is 5.75 Å². The lowest BCUT2D eigenvalue weighted by molar-refractivity contribution is 0.0738. The molecule has 1 N–H and O–H groups in total. The van der Waals surface area contributed by atoms with Gasteiger partial charge in [-0.15, -0.1) is 0 Å². The Morgan fingerprint density at radius 1 is 1.00 bits per heavy atom. The lowest BCUT2D eigenvalue weighted by atomic mass is 10.2. The zero-order valence-electron chi connectivity index (χ0n) is 15.5. The Hall–Kier alpha value is -3.18. The second-order valence-electron chi connectivity index (χ2n) is 6.76. The van der Waals surface area contributed by atoms with Gasteiger partial charge in [0.25, 0.3) is 0 Å². The molecule has 0 aliphatic heterocycles. The second kappa shape index (κ2) is 8.23. The van der Waals surface area contributed by atoms with Crippen LogP contribution in [0.3, 0.4) is 0 Å². The van der Waals surface area contributed by atoms with Crippen molar-refractivity contribution in [3.8, 4) is 5.75 Å². The van der Waals surface area contributed by atoms with Gasteiger partial charge in [0.1, 0.15) is 5.52 Å². The highest BCUT2D eigenvalue weighted by molar-refractivity contribution is 6.05. The third-order valence-corrected chi connectivity index (χ3v) is 4.86. The Labute approximate surface area is 163 Å². The van der Waals surface area contributed by atoms with E-state index in [4.69, 9.17) is 9.84 Å². The standard InChI is InChI=1S/C23H22N2O3/c26-15-5-1-4-14-25-16-19(18-10-2-3-11-20(18)25)23(27)28-21-12-6-8-17-9-7-13-24-22(17)21/h2-3,6-13,16,26H,1,4-5,14-15H2. The minimum Gasteiger partial charge on any atom is -0.421 e. The zero-order chi connectivity index (χ0) is 19.3. The van der Waals surface area contributed by atoms with Gasteiger partial charge in [0.2, 0.25) is 0 Å². The van der Waals surface area contributed by atoms with Crippen LogP contribution < -0.4 is 4.74 Å². The molecule has 5 heteroatoms. The fourth-order valence-corrected chi connectivity index (χ4v) is 3.48. The van der Waals surface area contributed by atoms with E-state index in [9.17, 15) is 4.79 Å². The van der Waals surface area contributed by atoms with Crippen molar-refractivity contribution in [2.45, 2.75) is 25.8 Å². The summed E-state index contributed by atoms with van der Waals surface area (Å²) in [5.74, 6) is 0.0753. The molecule has 0 radical (unpaired) electrons. The van der Waals surface area contributed by atoms with Gasteiger partial charge in [0.05, 0.1) is 5.56 Å². The molecule has 0 aliphatic rings. The van der Waals surface area contributed by atoms with Crippen LogP contribution >= 0.6 is 0 Å². The topological polar surface area (TPSA) is 64.3 Å². The van der Waals surface area contributed by atoms with Gasteiger partial charge in [-0.1, -0.05) is 36.4 Å². The number of para-hydroxylation sites is 2. The van der Waals surface area contributed by atoms with Crippen molar-refractivity contribution in [2.24, 2.45) is 0 Å². The Balaban J connectivity index is 1.63. The van der Waals surface area contributed by atoms with Crippen molar-refractivity contribution >= 4 is 27.8 Å². The quantitative estimate of drug-likeness (QED) is 0.292. The van der Waals surface area contributed by atoms with Gasteiger partial charge in [0, 0.05) is 41.8 Å².